The predicted molar refractivity (Wildman–Crippen MR) is 85.4 cm³/mol. The summed E-state index contributed by atoms with van der Waals surface area (Å²) in [5.74, 6) is -0.278. The summed E-state index contributed by atoms with van der Waals surface area (Å²) in [5.41, 5.74) is 1.29. The third kappa shape index (κ3) is 4.20. The van der Waals surface area contributed by atoms with Crippen LogP contribution in [-0.4, -0.2) is 19.9 Å². The molecule has 0 unspecified atom stereocenters. The van der Waals surface area contributed by atoms with Gasteiger partial charge in [0, 0.05) is 21.8 Å². The van der Waals surface area contributed by atoms with E-state index in [1.54, 1.807) is 19.9 Å². The highest BCUT2D eigenvalue weighted by Crippen LogP contribution is 2.24. The summed E-state index contributed by atoms with van der Waals surface area (Å²) in [5, 5.41) is 2.97. The SMILES string of the molecule is CCC(C)(CC)NC(=O)c1cc(S(=O)(=O)Cl)c(C)cc1C. The van der Waals surface area contributed by atoms with Crippen LogP contribution in [0, 0.1) is 13.8 Å². The van der Waals surface area contributed by atoms with Crippen molar-refractivity contribution in [2.45, 2.75) is 57.9 Å². The lowest BCUT2D eigenvalue weighted by Crippen LogP contribution is -2.45. The normalized spacial score (nSPS) is 12.3. The van der Waals surface area contributed by atoms with Crippen molar-refractivity contribution in [3.05, 3.63) is 28.8 Å². The minimum Gasteiger partial charge on any atom is -0.347 e. The Balaban J connectivity index is 3.28. The summed E-state index contributed by atoms with van der Waals surface area (Å²) in [7, 11) is 1.55. The second kappa shape index (κ2) is 6.36. The molecule has 1 N–H and O–H groups in total. The predicted octanol–water partition coefficient (Wildman–Crippen LogP) is 3.54. The Labute approximate surface area is 131 Å². The van der Waals surface area contributed by atoms with Crippen LogP contribution in [0.1, 0.15) is 55.1 Å². The number of rotatable bonds is 5. The highest BCUT2D eigenvalue weighted by atomic mass is 35.7. The van der Waals surface area contributed by atoms with Crippen LogP contribution in [0.25, 0.3) is 0 Å². The smallest absolute Gasteiger partial charge is 0.261 e. The molecule has 118 valence electrons. The van der Waals surface area contributed by atoms with Crippen LogP contribution in [0.5, 0.6) is 0 Å². The molecule has 6 heteroatoms. The van der Waals surface area contributed by atoms with Gasteiger partial charge in [-0.3, -0.25) is 4.79 Å². The number of halogens is 1. The van der Waals surface area contributed by atoms with Crippen LogP contribution in [0.15, 0.2) is 17.0 Å². The maximum absolute atomic E-state index is 12.4. The molecule has 0 heterocycles. The van der Waals surface area contributed by atoms with Crippen molar-refractivity contribution in [1.29, 1.82) is 0 Å². The van der Waals surface area contributed by atoms with E-state index in [9.17, 15) is 13.2 Å². The molecule has 0 saturated carbocycles. The third-order valence-corrected chi connectivity index (χ3v) is 5.47. The van der Waals surface area contributed by atoms with E-state index in [1.165, 1.54) is 6.07 Å². The highest BCUT2D eigenvalue weighted by Gasteiger charge is 2.25. The molecule has 0 atom stereocenters. The standard InChI is InChI=1S/C15H22ClNO3S/c1-6-15(5,7-2)17-14(18)12-9-13(21(16,19)20)11(4)8-10(12)3/h8-9H,6-7H2,1-5H3,(H,17,18). The van der Waals surface area contributed by atoms with Gasteiger partial charge >= 0.3 is 0 Å². The molecule has 1 rings (SSSR count). The van der Waals surface area contributed by atoms with E-state index in [4.69, 9.17) is 10.7 Å². The number of aryl methyl sites for hydroxylation is 2. The summed E-state index contributed by atoms with van der Waals surface area (Å²) < 4.78 is 23.1. The zero-order chi connectivity index (χ0) is 16.4. The maximum Gasteiger partial charge on any atom is 0.261 e. The molecular formula is C15H22ClNO3S. The van der Waals surface area contributed by atoms with Crippen LogP contribution < -0.4 is 5.32 Å². The number of benzene rings is 1. The molecule has 1 amide bonds. The summed E-state index contributed by atoms with van der Waals surface area (Å²) in [6, 6.07) is 3.02. The molecule has 1 aromatic rings. The second-order valence-electron chi connectivity index (χ2n) is 5.59. The van der Waals surface area contributed by atoms with Crippen molar-refractivity contribution >= 4 is 25.6 Å². The highest BCUT2D eigenvalue weighted by molar-refractivity contribution is 8.13. The van der Waals surface area contributed by atoms with E-state index in [-0.39, 0.29) is 16.3 Å². The topological polar surface area (TPSA) is 63.2 Å². The molecular weight excluding hydrogens is 310 g/mol. The van der Waals surface area contributed by atoms with Crippen molar-refractivity contribution in [3.63, 3.8) is 0 Å². The summed E-state index contributed by atoms with van der Waals surface area (Å²) in [6.07, 6.45) is 1.58. The molecule has 0 aliphatic carbocycles. The largest absolute Gasteiger partial charge is 0.347 e. The Morgan fingerprint density at radius 1 is 1.19 bits per heavy atom. The monoisotopic (exact) mass is 331 g/mol. The van der Waals surface area contributed by atoms with Gasteiger partial charge in [0.1, 0.15) is 0 Å². The number of carbonyl (C=O) groups excluding carboxylic acids is 1. The van der Waals surface area contributed by atoms with Crippen LogP contribution in [0.2, 0.25) is 0 Å². The second-order valence-corrected chi connectivity index (χ2v) is 8.13. The van der Waals surface area contributed by atoms with Gasteiger partial charge in [-0.05, 0) is 50.8 Å². The lowest BCUT2D eigenvalue weighted by Gasteiger charge is -2.28. The molecule has 4 nitrogen and oxygen atoms in total. The molecule has 0 saturated heterocycles. The van der Waals surface area contributed by atoms with E-state index in [0.717, 1.165) is 18.4 Å². The van der Waals surface area contributed by atoms with Crippen molar-refractivity contribution in [3.8, 4) is 0 Å². The summed E-state index contributed by atoms with van der Waals surface area (Å²) >= 11 is 0. The molecule has 21 heavy (non-hydrogen) atoms. The van der Waals surface area contributed by atoms with Crippen LogP contribution in [-0.2, 0) is 9.05 Å². The minimum atomic E-state index is -3.87. The van der Waals surface area contributed by atoms with Gasteiger partial charge in [0.2, 0.25) is 0 Å². The zero-order valence-electron chi connectivity index (χ0n) is 13.1. The molecule has 0 aromatic heterocycles. The van der Waals surface area contributed by atoms with Crippen LogP contribution >= 0.6 is 10.7 Å². The van der Waals surface area contributed by atoms with Gasteiger partial charge < -0.3 is 5.32 Å². The molecule has 0 aliphatic heterocycles. The lowest BCUT2D eigenvalue weighted by atomic mass is 9.94. The van der Waals surface area contributed by atoms with Gasteiger partial charge in [-0.1, -0.05) is 19.9 Å². The van der Waals surface area contributed by atoms with Gasteiger partial charge in [-0.2, -0.15) is 0 Å². The fourth-order valence-electron chi connectivity index (χ4n) is 2.11. The Morgan fingerprint density at radius 2 is 1.71 bits per heavy atom. The minimum absolute atomic E-state index is 0.0189. The van der Waals surface area contributed by atoms with Gasteiger partial charge in [0.05, 0.1) is 4.90 Å². The summed E-state index contributed by atoms with van der Waals surface area (Å²) in [4.78, 5) is 12.4. The van der Waals surface area contributed by atoms with Crippen molar-refractivity contribution < 1.29 is 13.2 Å². The quantitative estimate of drug-likeness (QED) is 0.839. The first-order valence-corrected chi connectivity index (χ1v) is 9.23. The number of hydrogen-bond acceptors (Lipinski definition) is 3. The number of amides is 1. The third-order valence-electron chi connectivity index (χ3n) is 4.01. The fourth-order valence-corrected chi connectivity index (χ4v) is 3.31. The van der Waals surface area contributed by atoms with Crippen molar-refractivity contribution in [1.82, 2.24) is 5.32 Å². The Kier molecular flexibility index (Phi) is 5.45. The Hall–Kier alpha value is -1.07. The van der Waals surface area contributed by atoms with Crippen molar-refractivity contribution in [2.24, 2.45) is 0 Å². The summed E-state index contributed by atoms with van der Waals surface area (Å²) in [6.45, 7) is 9.41. The van der Waals surface area contributed by atoms with Gasteiger partial charge in [0.25, 0.3) is 15.0 Å². The van der Waals surface area contributed by atoms with E-state index >= 15 is 0 Å². The van der Waals surface area contributed by atoms with Crippen LogP contribution in [0.4, 0.5) is 0 Å². The van der Waals surface area contributed by atoms with Gasteiger partial charge in [0.15, 0.2) is 0 Å². The van der Waals surface area contributed by atoms with E-state index in [1.807, 2.05) is 20.8 Å². The first-order valence-electron chi connectivity index (χ1n) is 6.92. The Bertz CT molecular complexity index is 649. The molecule has 0 radical (unpaired) electrons. The zero-order valence-corrected chi connectivity index (χ0v) is 14.7. The molecule has 0 fully saturated rings. The Morgan fingerprint density at radius 3 is 2.14 bits per heavy atom. The van der Waals surface area contributed by atoms with E-state index in [0.29, 0.717) is 11.1 Å². The van der Waals surface area contributed by atoms with E-state index in [2.05, 4.69) is 5.32 Å². The number of carbonyl (C=O) groups is 1. The van der Waals surface area contributed by atoms with Gasteiger partial charge in [-0.15, -0.1) is 0 Å². The fraction of sp³-hybridized carbons (Fsp3) is 0.533. The lowest BCUT2D eigenvalue weighted by molar-refractivity contribution is 0.0900. The first-order chi connectivity index (χ1) is 9.54. The molecule has 0 aliphatic rings. The first kappa shape index (κ1) is 18.0. The van der Waals surface area contributed by atoms with E-state index < -0.39 is 9.05 Å². The average Bonchev–Trinajstić information content (AvgIpc) is 2.36. The van der Waals surface area contributed by atoms with Gasteiger partial charge in [-0.25, -0.2) is 8.42 Å². The molecule has 1 aromatic carbocycles. The van der Waals surface area contributed by atoms with Crippen molar-refractivity contribution in [2.75, 3.05) is 0 Å². The molecule has 0 spiro atoms. The number of nitrogens with one attached hydrogen (secondary N) is 1. The number of hydrogen-bond donors (Lipinski definition) is 1. The van der Waals surface area contributed by atoms with Crippen LogP contribution in [0.3, 0.4) is 0 Å². The maximum atomic E-state index is 12.4. The molecule has 0 bridgehead atoms. The average molecular weight is 332 g/mol.